The molecule has 1 aromatic carbocycles. The largest absolute Gasteiger partial charge is 0.329 e. The molecule has 68 valence electrons. The van der Waals surface area contributed by atoms with Gasteiger partial charge >= 0.3 is 0 Å². The van der Waals surface area contributed by atoms with Gasteiger partial charge in [0.2, 0.25) is 0 Å². The summed E-state index contributed by atoms with van der Waals surface area (Å²) in [6.45, 7) is 1.00. The molecule has 0 atom stereocenters. The van der Waals surface area contributed by atoms with E-state index >= 15 is 0 Å². The normalized spacial score (nSPS) is 10.8. The lowest BCUT2D eigenvalue weighted by molar-refractivity contribution is 0.613. The Bertz CT molecular complexity index is 469. The lowest BCUT2D eigenvalue weighted by atomic mass is 10.3. The summed E-state index contributed by atoms with van der Waals surface area (Å²) < 4.78 is 1.53. The fourth-order valence-corrected chi connectivity index (χ4v) is 1.40. The van der Waals surface area contributed by atoms with Gasteiger partial charge in [-0.1, -0.05) is 12.1 Å². The number of hydrogen-bond donors (Lipinski definition) is 2. The number of nitrogens with two attached hydrogens (primary N) is 1. The van der Waals surface area contributed by atoms with Crippen molar-refractivity contribution in [2.24, 2.45) is 5.73 Å². The summed E-state index contributed by atoms with van der Waals surface area (Å²) in [6, 6.07) is 7.43. The van der Waals surface area contributed by atoms with Crippen molar-refractivity contribution in [1.29, 1.82) is 0 Å². The highest BCUT2D eigenvalue weighted by Crippen LogP contribution is 2.04. The van der Waals surface area contributed by atoms with Crippen LogP contribution >= 0.6 is 0 Å². The van der Waals surface area contributed by atoms with Gasteiger partial charge in [-0.25, -0.2) is 0 Å². The summed E-state index contributed by atoms with van der Waals surface area (Å²) in [6.07, 6.45) is 0. The van der Waals surface area contributed by atoms with E-state index in [1.807, 2.05) is 18.2 Å². The van der Waals surface area contributed by atoms with Crippen LogP contribution in [-0.2, 0) is 6.54 Å². The van der Waals surface area contributed by atoms with Crippen LogP contribution in [0, 0.1) is 0 Å². The molecule has 0 spiro atoms. The number of rotatable bonds is 2. The van der Waals surface area contributed by atoms with Crippen molar-refractivity contribution >= 4 is 10.9 Å². The smallest absolute Gasteiger partial charge is 0.274 e. The van der Waals surface area contributed by atoms with E-state index in [0.29, 0.717) is 13.1 Å². The Morgan fingerprint density at radius 2 is 2.15 bits per heavy atom. The minimum atomic E-state index is 0.000972. The molecule has 0 fully saturated rings. The first-order chi connectivity index (χ1) is 6.33. The van der Waals surface area contributed by atoms with Crippen molar-refractivity contribution < 1.29 is 0 Å². The molecule has 0 bridgehead atoms. The van der Waals surface area contributed by atoms with Crippen molar-refractivity contribution in [3.8, 4) is 0 Å². The Balaban J connectivity index is 2.67. The van der Waals surface area contributed by atoms with E-state index in [0.717, 1.165) is 10.9 Å². The van der Waals surface area contributed by atoms with Gasteiger partial charge in [0, 0.05) is 6.54 Å². The van der Waals surface area contributed by atoms with E-state index in [-0.39, 0.29) is 5.56 Å². The lowest BCUT2D eigenvalue weighted by Gasteiger charge is -1.94. The summed E-state index contributed by atoms with van der Waals surface area (Å²) in [4.78, 5) is 11.6. The Labute approximate surface area is 75.0 Å². The zero-order valence-corrected chi connectivity index (χ0v) is 7.16. The molecule has 2 rings (SSSR count). The number of para-hydroxylation sites is 1. The molecule has 0 saturated carbocycles. The van der Waals surface area contributed by atoms with Crippen LogP contribution in [0.1, 0.15) is 0 Å². The number of H-pyrrole nitrogens is 1. The molecule has 0 saturated heterocycles. The Morgan fingerprint density at radius 3 is 2.85 bits per heavy atom. The summed E-state index contributed by atoms with van der Waals surface area (Å²) in [5.41, 5.74) is 6.23. The van der Waals surface area contributed by atoms with Crippen LogP contribution in [0.15, 0.2) is 29.1 Å². The van der Waals surface area contributed by atoms with Gasteiger partial charge in [-0.2, -0.15) is 0 Å². The first-order valence-corrected chi connectivity index (χ1v) is 4.20. The maximum Gasteiger partial charge on any atom is 0.274 e. The molecule has 0 unspecified atom stereocenters. The Kier molecular flexibility index (Phi) is 1.90. The number of benzene rings is 1. The number of nitrogens with zero attached hydrogens (tertiary/aromatic N) is 1. The second-order valence-corrected chi connectivity index (χ2v) is 2.90. The minimum Gasteiger partial charge on any atom is -0.329 e. The minimum absolute atomic E-state index is 0.000972. The van der Waals surface area contributed by atoms with Crippen molar-refractivity contribution in [1.82, 2.24) is 9.78 Å². The maximum absolute atomic E-state index is 11.6. The Morgan fingerprint density at radius 1 is 1.38 bits per heavy atom. The summed E-state index contributed by atoms with van der Waals surface area (Å²) >= 11 is 0. The number of nitrogens with one attached hydrogen (secondary N) is 1. The van der Waals surface area contributed by atoms with E-state index in [1.165, 1.54) is 4.68 Å². The first-order valence-electron chi connectivity index (χ1n) is 4.20. The SMILES string of the molecule is NCCn1[nH]c2ccccc2c1=O. The van der Waals surface area contributed by atoms with Crippen LogP contribution in [-0.4, -0.2) is 16.3 Å². The summed E-state index contributed by atoms with van der Waals surface area (Å²) in [7, 11) is 0. The van der Waals surface area contributed by atoms with Crippen LogP contribution in [0.2, 0.25) is 0 Å². The maximum atomic E-state index is 11.6. The first kappa shape index (κ1) is 8.07. The van der Waals surface area contributed by atoms with Crippen molar-refractivity contribution in [2.45, 2.75) is 6.54 Å². The molecule has 13 heavy (non-hydrogen) atoms. The Hall–Kier alpha value is -1.55. The number of aromatic nitrogens is 2. The summed E-state index contributed by atoms with van der Waals surface area (Å²) in [5.74, 6) is 0. The third-order valence-electron chi connectivity index (χ3n) is 2.01. The molecule has 4 nitrogen and oxygen atoms in total. The van der Waals surface area contributed by atoms with Gasteiger partial charge in [-0.05, 0) is 12.1 Å². The third kappa shape index (κ3) is 1.25. The number of aromatic amines is 1. The van der Waals surface area contributed by atoms with Gasteiger partial charge in [0.1, 0.15) is 0 Å². The molecule has 0 radical (unpaired) electrons. The van der Waals surface area contributed by atoms with Crippen molar-refractivity contribution in [2.75, 3.05) is 6.54 Å². The zero-order chi connectivity index (χ0) is 9.26. The lowest BCUT2D eigenvalue weighted by Crippen LogP contribution is -2.21. The molecule has 0 aliphatic rings. The van der Waals surface area contributed by atoms with Crippen LogP contribution in [0.5, 0.6) is 0 Å². The molecule has 2 aromatic rings. The van der Waals surface area contributed by atoms with Gasteiger partial charge in [0.25, 0.3) is 5.56 Å². The van der Waals surface area contributed by atoms with E-state index < -0.39 is 0 Å². The topological polar surface area (TPSA) is 63.8 Å². The second-order valence-electron chi connectivity index (χ2n) is 2.90. The van der Waals surface area contributed by atoms with Crippen LogP contribution in [0.3, 0.4) is 0 Å². The van der Waals surface area contributed by atoms with E-state index in [2.05, 4.69) is 5.10 Å². The molecule has 0 amide bonds. The highest BCUT2D eigenvalue weighted by Gasteiger charge is 2.03. The van der Waals surface area contributed by atoms with E-state index in [4.69, 9.17) is 5.73 Å². The molecular weight excluding hydrogens is 166 g/mol. The zero-order valence-electron chi connectivity index (χ0n) is 7.16. The molecule has 1 aromatic heterocycles. The van der Waals surface area contributed by atoms with E-state index in [1.54, 1.807) is 6.07 Å². The van der Waals surface area contributed by atoms with Gasteiger partial charge in [-0.3, -0.25) is 14.6 Å². The highest BCUT2D eigenvalue weighted by molar-refractivity contribution is 5.77. The average molecular weight is 177 g/mol. The van der Waals surface area contributed by atoms with Gasteiger partial charge in [0.15, 0.2) is 0 Å². The quantitative estimate of drug-likeness (QED) is 0.692. The molecule has 0 aliphatic heterocycles. The van der Waals surface area contributed by atoms with E-state index in [9.17, 15) is 4.79 Å². The van der Waals surface area contributed by atoms with Gasteiger partial charge < -0.3 is 5.73 Å². The monoisotopic (exact) mass is 177 g/mol. The number of fused-ring (bicyclic) bond motifs is 1. The molecule has 3 N–H and O–H groups in total. The summed E-state index contributed by atoms with van der Waals surface area (Å²) in [5, 5.41) is 3.71. The third-order valence-corrected chi connectivity index (χ3v) is 2.01. The molecular formula is C9H11N3O. The number of hydrogen-bond acceptors (Lipinski definition) is 2. The van der Waals surface area contributed by atoms with Crippen molar-refractivity contribution in [3.05, 3.63) is 34.6 Å². The van der Waals surface area contributed by atoms with Gasteiger partial charge in [-0.15, -0.1) is 0 Å². The predicted octanol–water partition coefficient (Wildman–Crippen LogP) is 0.288. The fraction of sp³-hybridized carbons (Fsp3) is 0.222. The van der Waals surface area contributed by atoms with Crippen LogP contribution in [0.4, 0.5) is 0 Å². The van der Waals surface area contributed by atoms with Crippen LogP contribution in [0.25, 0.3) is 10.9 Å². The highest BCUT2D eigenvalue weighted by atomic mass is 16.1. The molecule has 0 aliphatic carbocycles. The van der Waals surface area contributed by atoms with Crippen LogP contribution < -0.4 is 11.3 Å². The average Bonchev–Trinajstić information content (AvgIpc) is 2.46. The van der Waals surface area contributed by atoms with Gasteiger partial charge in [0.05, 0.1) is 17.4 Å². The molecule has 4 heteroatoms. The fourth-order valence-electron chi connectivity index (χ4n) is 1.40. The second kappa shape index (κ2) is 3.06. The molecule has 1 heterocycles. The standard InChI is InChI=1S/C9H11N3O/c10-5-6-12-9(13)7-3-1-2-4-8(7)11-12/h1-4,11H,5-6,10H2. The van der Waals surface area contributed by atoms with Crippen molar-refractivity contribution in [3.63, 3.8) is 0 Å². The predicted molar refractivity (Wildman–Crippen MR) is 51.6 cm³/mol.